The first kappa shape index (κ1) is 21.5. The summed E-state index contributed by atoms with van der Waals surface area (Å²) in [5.74, 6) is -0.370. The lowest BCUT2D eigenvalue weighted by Crippen LogP contribution is -2.40. The maximum atomic E-state index is 13.4. The number of anilines is 1. The predicted molar refractivity (Wildman–Crippen MR) is 129 cm³/mol. The number of carbonyl (C=O) groups excluding carboxylic acids is 1. The lowest BCUT2D eigenvalue weighted by molar-refractivity contribution is -0.116. The van der Waals surface area contributed by atoms with Gasteiger partial charge in [-0.25, -0.2) is 9.36 Å². The van der Waals surface area contributed by atoms with E-state index in [2.05, 4.69) is 21.2 Å². The molecule has 0 radical (unpaired) electrons. The Hall–Kier alpha value is -2.68. The summed E-state index contributed by atoms with van der Waals surface area (Å²) in [6.07, 6.45) is 0. The number of aromatic nitrogens is 2. The number of thiophene rings is 1. The third kappa shape index (κ3) is 4.11. The summed E-state index contributed by atoms with van der Waals surface area (Å²) < 4.78 is 3.30. The standard InChI is InChI=1S/C22H17BrClN3O3S/c1-12-13(2)31-21-19(12)20(29)27(17-5-3-4-15(24)10-17)22(30)26(21)11-18(28)25-16-8-6-14(23)7-9-16/h3-10H,11H2,1-2H3,(H,25,28). The van der Waals surface area contributed by atoms with Gasteiger partial charge in [-0.15, -0.1) is 11.3 Å². The Balaban J connectivity index is 1.87. The van der Waals surface area contributed by atoms with Crippen molar-refractivity contribution >= 4 is 60.7 Å². The predicted octanol–water partition coefficient (Wildman–Crippen LogP) is 4.89. The summed E-state index contributed by atoms with van der Waals surface area (Å²) in [7, 11) is 0. The molecule has 31 heavy (non-hydrogen) atoms. The number of fused-ring (bicyclic) bond motifs is 1. The number of nitrogens with zero attached hydrogens (tertiary/aromatic N) is 2. The molecule has 6 nitrogen and oxygen atoms in total. The highest BCUT2D eigenvalue weighted by molar-refractivity contribution is 9.10. The number of rotatable bonds is 4. The van der Waals surface area contributed by atoms with Crippen LogP contribution in [0.15, 0.2) is 62.6 Å². The van der Waals surface area contributed by atoms with Crippen molar-refractivity contribution in [3.8, 4) is 5.69 Å². The zero-order valence-electron chi connectivity index (χ0n) is 16.6. The van der Waals surface area contributed by atoms with Gasteiger partial charge in [0.25, 0.3) is 5.56 Å². The van der Waals surface area contributed by atoms with Gasteiger partial charge in [-0.2, -0.15) is 0 Å². The minimum atomic E-state index is -0.591. The van der Waals surface area contributed by atoms with Crippen molar-refractivity contribution in [1.82, 2.24) is 9.13 Å². The summed E-state index contributed by atoms with van der Waals surface area (Å²) in [5.41, 5.74) is 0.748. The van der Waals surface area contributed by atoms with E-state index in [9.17, 15) is 14.4 Å². The molecule has 4 aromatic rings. The van der Waals surface area contributed by atoms with Gasteiger partial charge in [0, 0.05) is 20.1 Å². The summed E-state index contributed by atoms with van der Waals surface area (Å²) in [6, 6.07) is 13.7. The van der Waals surface area contributed by atoms with Crippen molar-refractivity contribution in [3.63, 3.8) is 0 Å². The zero-order chi connectivity index (χ0) is 22.3. The second-order valence-electron chi connectivity index (χ2n) is 7.01. The fraction of sp³-hybridized carbons (Fsp3) is 0.136. The quantitative estimate of drug-likeness (QED) is 0.418. The molecule has 0 fully saturated rings. The van der Waals surface area contributed by atoms with Gasteiger partial charge in [-0.1, -0.05) is 33.6 Å². The van der Waals surface area contributed by atoms with E-state index in [1.165, 1.54) is 15.9 Å². The molecule has 0 unspecified atom stereocenters. The van der Waals surface area contributed by atoms with Gasteiger partial charge in [-0.05, 0) is 61.9 Å². The van der Waals surface area contributed by atoms with Gasteiger partial charge in [0.2, 0.25) is 5.91 Å². The first-order chi connectivity index (χ1) is 14.8. The van der Waals surface area contributed by atoms with E-state index in [-0.39, 0.29) is 12.5 Å². The highest BCUT2D eigenvalue weighted by Crippen LogP contribution is 2.27. The van der Waals surface area contributed by atoms with Crippen molar-refractivity contribution in [2.75, 3.05) is 5.32 Å². The molecule has 1 N–H and O–H groups in total. The minimum absolute atomic E-state index is 0.231. The Morgan fingerprint density at radius 1 is 1.13 bits per heavy atom. The van der Waals surface area contributed by atoms with E-state index in [4.69, 9.17) is 11.6 Å². The van der Waals surface area contributed by atoms with E-state index in [0.717, 1.165) is 19.5 Å². The fourth-order valence-corrected chi connectivity index (χ4v) is 4.91. The third-order valence-corrected chi connectivity index (χ3v) is 6.94. The van der Waals surface area contributed by atoms with Crippen LogP contribution in [0, 0.1) is 13.8 Å². The van der Waals surface area contributed by atoms with Gasteiger partial charge in [0.1, 0.15) is 11.4 Å². The molecule has 1 amide bonds. The largest absolute Gasteiger partial charge is 0.337 e. The Morgan fingerprint density at radius 3 is 2.52 bits per heavy atom. The lowest BCUT2D eigenvalue weighted by Gasteiger charge is -2.13. The molecule has 0 aliphatic heterocycles. The molecule has 9 heteroatoms. The van der Waals surface area contributed by atoms with E-state index < -0.39 is 11.2 Å². The van der Waals surface area contributed by atoms with Crippen LogP contribution in [0.3, 0.4) is 0 Å². The summed E-state index contributed by atoms with van der Waals surface area (Å²) in [5, 5.41) is 3.62. The zero-order valence-corrected chi connectivity index (χ0v) is 19.8. The minimum Gasteiger partial charge on any atom is -0.325 e. The molecule has 2 aromatic heterocycles. The summed E-state index contributed by atoms with van der Waals surface area (Å²) in [6.45, 7) is 3.50. The van der Waals surface area contributed by atoms with Gasteiger partial charge in [0.15, 0.2) is 0 Å². The molecule has 4 rings (SSSR count). The summed E-state index contributed by atoms with van der Waals surface area (Å²) >= 11 is 10.8. The van der Waals surface area contributed by atoms with Crippen molar-refractivity contribution in [2.45, 2.75) is 20.4 Å². The van der Waals surface area contributed by atoms with Crippen LogP contribution in [-0.4, -0.2) is 15.0 Å². The van der Waals surface area contributed by atoms with Crippen LogP contribution in [0.4, 0.5) is 5.69 Å². The van der Waals surface area contributed by atoms with Crippen molar-refractivity contribution in [1.29, 1.82) is 0 Å². The van der Waals surface area contributed by atoms with Crippen LogP contribution >= 0.6 is 38.9 Å². The van der Waals surface area contributed by atoms with Crippen LogP contribution in [0.5, 0.6) is 0 Å². The molecular formula is C22H17BrClN3O3S. The topological polar surface area (TPSA) is 73.1 Å². The molecule has 0 saturated carbocycles. The number of halogens is 2. The van der Waals surface area contributed by atoms with E-state index in [0.29, 0.717) is 26.6 Å². The normalized spacial score (nSPS) is 11.1. The van der Waals surface area contributed by atoms with Crippen molar-refractivity contribution in [3.05, 3.63) is 89.3 Å². The monoisotopic (exact) mass is 517 g/mol. The SMILES string of the molecule is Cc1sc2c(c1C)c(=O)n(-c1cccc(Cl)c1)c(=O)n2CC(=O)Nc1ccc(Br)cc1. The first-order valence-electron chi connectivity index (χ1n) is 9.33. The van der Waals surface area contributed by atoms with Crippen LogP contribution in [0.2, 0.25) is 5.02 Å². The highest BCUT2D eigenvalue weighted by Gasteiger charge is 2.21. The number of hydrogen-bond acceptors (Lipinski definition) is 4. The number of carbonyl (C=O) groups is 1. The second-order valence-corrected chi connectivity index (χ2v) is 9.56. The maximum Gasteiger partial charge on any atom is 0.337 e. The second kappa shape index (κ2) is 8.45. The Kier molecular flexibility index (Phi) is 5.88. The fourth-order valence-electron chi connectivity index (χ4n) is 3.32. The first-order valence-corrected chi connectivity index (χ1v) is 11.3. The van der Waals surface area contributed by atoms with Crippen molar-refractivity contribution < 1.29 is 4.79 Å². The van der Waals surface area contributed by atoms with Gasteiger partial charge >= 0.3 is 5.69 Å². The Bertz CT molecular complexity index is 1440. The molecule has 0 saturated heterocycles. The molecule has 0 aliphatic carbocycles. The van der Waals surface area contributed by atoms with Crippen LogP contribution in [0.25, 0.3) is 15.9 Å². The Morgan fingerprint density at radius 2 is 1.84 bits per heavy atom. The van der Waals surface area contributed by atoms with Crippen LogP contribution < -0.4 is 16.6 Å². The number of aryl methyl sites for hydroxylation is 2. The van der Waals surface area contributed by atoms with E-state index >= 15 is 0 Å². The molecule has 0 spiro atoms. The van der Waals surface area contributed by atoms with Crippen molar-refractivity contribution in [2.24, 2.45) is 0 Å². The number of hydrogen-bond donors (Lipinski definition) is 1. The number of amides is 1. The van der Waals surface area contributed by atoms with Gasteiger partial charge in [-0.3, -0.25) is 14.2 Å². The molecule has 2 heterocycles. The maximum absolute atomic E-state index is 13.4. The molecule has 2 aromatic carbocycles. The average Bonchev–Trinajstić information content (AvgIpc) is 3.02. The molecule has 0 aliphatic rings. The smallest absolute Gasteiger partial charge is 0.325 e. The van der Waals surface area contributed by atoms with Gasteiger partial charge < -0.3 is 5.32 Å². The highest BCUT2D eigenvalue weighted by atomic mass is 79.9. The number of nitrogens with one attached hydrogen (secondary N) is 1. The third-order valence-electron chi connectivity index (χ3n) is 4.95. The van der Waals surface area contributed by atoms with E-state index in [1.807, 2.05) is 26.0 Å². The molecule has 0 atom stereocenters. The van der Waals surface area contributed by atoms with Gasteiger partial charge in [0.05, 0.1) is 11.1 Å². The molecular weight excluding hydrogens is 502 g/mol. The lowest BCUT2D eigenvalue weighted by atomic mass is 10.2. The van der Waals surface area contributed by atoms with E-state index in [1.54, 1.807) is 36.4 Å². The summed E-state index contributed by atoms with van der Waals surface area (Å²) in [4.78, 5) is 40.8. The molecule has 158 valence electrons. The number of benzene rings is 2. The average molecular weight is 519 g/mol. The molecule has 0 bridgehead atoms. The van der Waals surface area contributed by atoms with Crippen LogP contribution in [0.1, 0.15) is 10.4 Å². The Labute approximate surface area is 194 Å². The van der Waals surface area contributed by atoms with Crippen LogP contribution in [-0.2, 0) is 11.3 Å².